The van der Waals surface area contributed by atoms with Crippen LogP contribution in [-0.4, -0.2) is 10.7 Å². The van der Waals surface area contributed by atoms with Crippen LogP contribution in [0.5, 0.6) is 0 Å². The van der Waals surface area contributed by atoms with Crippen LogP contribution in [0.15, 0.2) is 65.7 Å². The van der Waals surface area contributed by atoms with Crippen molar-refractivity contribution in [3.8, 4) is 0 Å². The molecule has 0 saturated carbocycles. The predicted molar refractivity (Wildman–Crippen MR) is 104 cm³/mol. The topological polar surface area (TPSA) is 25.2 Å². The summed E-state index contributed by atoms with van der Waals surface area (Å²) in [6, 6.07) is 15.6. The van der Waals surface area contributed by atoms with Gasteiger partial charge in [-0.1, -0.05) is 18.2 Å². The van der Waals surface area contributed by atoms with E-state index < -0.39 is 11.6 Å². The van der Waals surface area contributed by atoms with Crippen LogP contribution in [0.25, 0.3) is 6.08 Å². The molecule has 0 atom stereocenters. The molecule has 27 heavy (non-hydrogen) atoms. The highest BCUT2D eigenvalue weighted by molar-refractivity contribution is 6.13. The number of aromatic nitrogens is 1. The van der Waals surface area contributed by atoms with Crippen molar-refractivity contribution in [2.45, 2.75) is 19.9 Å². The first-order valence-electron chi connectivity index (χ1n) is 8.80. The minimum atomic E-state index is -0.554. The quantitative estimate of drug-likeness (QED) is 0.622. The van der Waals surface area contributed by atoms with Gasteiger partial charge in [0.2, 0.25) is 0 Å². The zero-order valence-electron chi connectivity index (χ0n) is 14.9. The highest BCUT2D eigenvalue weighted by Crippen LogP contribution is 2.23. The summed E-state index contributed by atoms with van der Waals surface area (Å²) >= 11 is 0. The molecule has 0 unspecified atom stereocenters. The van der Waals surface area contributed by atoms with E-state index in [1.54, 1.807) is 0 Å². The Labute approximate surface area is 156 Å². The number of fused-ring (bicyclic) bond motifs is 1. The van der Waals surface area contributed by atoms with Gasteiger partial charge in [0.15, 0.2) is 0 Å². The number of hydrogen-bond donors (Lipinski definition) is 0. The lowest BCUT2D eigenvalue weighted by Crippen LogP contribution is -1.98. The summed E-state index contributed by atoms with van der Waals surface area (Å²) in [6.45, 7) is 2.60. The van der Waals surface area contributed by atoms with Crippen molar-refractivity contribution in [2.75, 3.05) is 0 Å². The number of aryl methyl sites for hydroxylation is 1. The minimum Gasteiger partial charge on any atom is -0.280 e. The zero-order valence-corrected chi connectivity index (χ0v) is 14.9. The Balaban J connectivity index is 1.58. The molecule has 0 radical (unpaired) electrons. The van der Waals surface area contributed by atoms with Gasteiger partial charge in [0.25, 0.3) is 0 Å². The molecule has 2 heterocycles. The molecule has 1 aliphatic heterocycles. The average Bonchev–Trinajstić information content (AvgIpc) is 3.01. The largest absolute Gasteiger partial charge is 0.280 e. The van der Waals surface area contributed by atoms with E-state index >= 15 is 0 Å². The van der Waals surface area contributed by atoms with E-state index in [4.69, 9.17) is 0 Å². The lowest BCUT2D eigenvalue weighted by atomic mass is 9.98. The summed E-state index contributed by atoms with van der Waals surface area (Å²) in [5.74, 6) is -1.11. The monoisotopic (exact) mass is 360 g/mol. The van der Waals surface area contributed by atoms with Gasteiger partial charge >= 0.3 is 0 Å². The maximum absolute atomic E-state index is 13.4. The van der Waals surface area contributed by atoms with E-state index in [2.05, 4.69) is 16.0 Å². The van der Waals surface area contributed by atoms with E-state index in [1.807, 2.05) is 49.4 Å². The van der Waals surface area contributed by atoms with Gasteiger partial charge in [-0.3, -0.25) is 9.98 Å². The van der Waals surface area contributed by atoms with Gasteiger partial charge < -0.3 is 0 Å². The van der Waals surface area contributed by atoms with Crippen LogP contribution in [0.3, 0.4) is 0 Å². The van der Waals surface area contributed by atoms with E-state index in [9.17, 15) is 8.78 Å². The van der Waals surface area contributed by atoms with Crippen molar-refractivity contribution in [1.82, 2.24) is 4.98 Å². The molecule has 1 aromatic heterocycles. The van der Waals surface area contributed by atoms with E-state index in [1.165, 1.54) is 12.1 Å². The van der Waals surface area contributed by atoms with Crippen LogP contribution in [0.4, 0.5) is 8.78 Å². The molecule has 0 bridgehead atoms. The van der Waals surface area contributed by atoms with Gasteiger partial charge in [0.05, 0.1) is 18.0 Å². The molecule has 134 valence electrons. The molecule has 0 spiro atoms. The summed E-state index contributed by atoms with van der Waals surface area (Å²) in [5.41, 5.74) is 6.59. The Morgan fingerprint density at radius 3 is 2.52 bits per heavy atom. The van der Waals surface area contributed by atoms with Gasteiger partial charge in [0.1, 0.15) is 11.6 Å². The Hall–Kier alpha value is -3.14. The van der Waals surface area contributed by atoms with Crippen LogP contribution in [0, 0.1) is 18.6 Å². The van der Waals surface area contributed by atoms with Crippen molar-refractivity contribution in [3.63, 3.8) is 0 Å². The van der Waals surface area contributed by atoms with E-state index in [0.29, 0.717) is 18.5 Å². The first kappa shape index (κ1) is 17.3. The number of benzene rings is 2. The number of pyridine rings is 1. The van der Waals surface area contributed by atoms with Crippen molar-refractivity contribution >= 4 is 11.8 Å². The van der Waals surface area contributed by atoms with E-state index in [-0.39, 0.29) is 0 Å². The fraction of sp³-hybridized carbons (Fsp3) is 0.130. The highest BCUT2D eigenvalue weighted by Gasteiger charge is 2.14. The van der Waals surface area contributed by atoms with Gasteiger partial charge in [-0.15, -0.1) is 0 Å². The van der Waals surface area contributed by atoms with Crippen LogP contribution in [-0.2, 0) is 13.0 Å². The lowest BCUT2D eigenvalue weighted by Gasteiger charge is -2.07. The van der Waals surface area contributed by atoms with Crippen molar-refractivity contribution in [3.05, 3.63) is 106 Å². The molecule has 0 N–H and O–H groups in total. The molecular formula is C23H18F2N2. The molecule has 3 aromatic rings. The third-order valence-corrected chi connectivity index (χ3v) is 4.52. The van der Waals surface area contributed by atoms with Gasteiger partial charge in [0, 0.05) is 17.3 Å². The molecule has 4 heteroatoms. The first-order valence-corrected chi connectivity index (χ1v) is 8.80. The molecule has 4 rings (SSSR count). The Bertz CT molecular complexity index is 1050. The minimum absolute atomic E-state index is 0.471. The number of halogens is 2. The second-order valence-corrected chi connectivity index (χ2v) is 6.68. The van der Waals surface area contributed by atoms with Crippen molar-refractivity contribution < 1.29 is 8.78 Å². The number of rotatable bonds is 4. The molecule has 0 saturated heterocycles. The molecule has 0 amide bonds. The second kappa shape index (κ2) is 7.23. The number of hydrogen-bond acceptors (Lipinski definition) is 2. The van der Waals surface area contributed by atoms with Gasteiger partial charge in [-0.2, -0.15) is 0 Å². The summed E-state index contributed by atoms with van der Waals surface area (Å²) < 4.78 is 26.9. The molecule has 0 aliphatic carbocycles. The zero-order chi connectivity index (χ0) is 18.8. The maximum atomic E-state index is 13.4. The molecule has 2 nitrogen and oxygen atoms in total. The number of aliphatic imine (C=N–C) groups is 1. The Morgan fingerprint density at radius 2 is 1.74 bits per heavy atom. The van der Waals surface area contributed by atoms with Crippen LogP contribution in [0.2, 0.25) is 0 Å². The molecular weight excluding hydrogens is 342 g/mol. The fourth-order valence-electron chi connectivity index (χ4n) is 3.28. The summed E-state index contributed by atoms with van der Waals surface area (Å²) in [6.07, 6.45) is 4.40. The van der Waals surface area contributed by atoms with Gasteiger partial charge in [-0.25, -0.2) is 8.78 Å². The molecule has 0 fully saturated rings. The average molecular weight is 360 g/mol. The van der Waals surface area contributed by atoms with Crippen LogP contribution < -0.4 is 0 Å². The normalized spacial score (nSPS) is 13.1. The predicted octanol–water partition coefficient (Wildman–Crippen LogP) is 5.28. The fourth-order valence-corrected chi connectivity index (χ4v) is 3.28. The van der Waals surface area contributed by atoms with Crippen LogP contribution >= 0.6 is 0 Å². The summed E-state index contributed by atoms with van der Waals surface area (Å²) in [7, 11) is 0. The molecule has 2 aromatic carbocycles. The maximum Gasteiger partial charge on any atom is 0.126 e. The molecule has 1 aliphatic rings. The third kappa shape index (κ3) is 4.00. The number of nitrogens with zero attached hydrogens (tertiary/aromatic N) is 2. The summed E-state index contributed by atoms with van der Waals surface area (Å²) in [5, 5.41) is 0. The number of allylic oxidation sites excluding steroid dienone is 1. The SMILES string of the molecule is Cc1cccc(/C=C/C2=NCc3ccc(Cc4cc(F)cc(F)c4)cc32)n1. The second-order valence-electron chi connectivity index (χ2n) is 6.68. The first-order chi connectivity index (χ1) is 13.1. The van der Waals surface area contributed by atoms with Crippen molar-refractivity contribution in [1.29, 1.82) is 0 Å². The standard InChI is InChI=1S/C23H18F2N2/c1-15-3-2-4-21(27-15)7-8-23-22-12-16(5-6-18(22)14-26-23)9-17-10-19(24)13-20(25)11-17/h2-8,10-13H,9,14H2,1H3/b8-7+. The van der Waals surface area contributed by atoms with Crippen molar-refractivity contribution in [2.24, 2.45) is 4.99 Å². The Morgan fingerprint density at radius 1 is 0.926 bits per heavy atom. The summed E-state index contributed by atoms with van der Waals surface area (Å²) in [4.78, 5) is 9.07. The Kier molecular flexibility index (Phi) is 4.63. The third-order valence-electron chi connectivity index (χ3n) is 4.52. The highest BCUT2D eigenvalue weighted by atomic mass is 19.1. The van der Waals surface area contributed by atoms with Crippen LogP contribution in [0.1, 0.15) is 33.6 Å². The smallest absolute Gasteiger partial charge is 0.126 e. The lowest BCUT2D eigenvalue weighted by molar-refractivity contribution is 0.580. The van der Waals surface area contributed by atoms with E-state index in [0.717, 1.165) is 39.9 Å². The van der Waals surface area contributed by atoms with Gasteiger partial charge in [-0.05, 0) is 72.5 Å².